The van der Waals surface area contributed by atoms with E-state index in [9.17, 15) is 4.79 Å². The maximum atomic E-state index is 11.0. The molecule has 0 aromatic rings. The second-order valence-electron chi connectivity index (χ2n) is 3.90. The van der Waals surface area contributed by atoms with Crippen molar-refractivity contribution in [3.63, 3.8) is 0 Å². The zero-order valence-electron chi connectivity index (χ0n) is 7.16. The average molecular weight is 155 g/mol. The fourth-order valence-electron chi connectivity index (χ4n) is 0.869. The number of amides is 1. The van der Waals surface area contributed by atoms with Gasteiger partial charge >= 0.3 is 0 Å². The van der Waals surface area contributed by atoms with Crippen molar-refractivity contribution in [2.24, 2.45) is 15.8 Å². The molecule has 1 aliphatic rings. The average Bonchev–Trinajstić information content (AvgIpc) is 2.12. The van der Waals surface area contributed by atoms with Crippen LogP contribution in [0.1, 0.15) is 20.8 Å². The van der Waals surface area contributed by atoms with E-state index in [0.29, 0.717) is 6.54 Å². The molecular formula is C7H13N3O. The van der Waals surface area contributed by atoms with Crippen molar-refractivity contribution in [2.45, 2.75) is 20.8 Å². The molecule has 1 amide bonds. The summed E-state index contributed by atoms with van der Waals surface area (Å²) in [5.74, 6) is -0.0000694. The summed E-state index contributed by atoms with van der Waals surface area (Å²) in [6, 6.07) is 0. The fourth-order valence-corrected chi connectivity index (χ4v) is 0.869. The van der Waals surface area contributed by atoms with Crippen molar-refractivity contribution in [3.05, 3.63) is 0 Å². The molecule has 0 aliphatic carbocycles. The Hall–Kier alpha value is -0.930. The minimum atomic E-state index is -0.0000694. The van der Waals surface area contributed by atoms with Gasteiger partial charge in [0.2, 0.25) is 0 Å². The van der Waals surface area contributed by atoms with E-state index in [1.165, 1.54) is 5.01 Å². The molecule has 0 saturated carbocycles. The van der Waals surface area contributed by atoms with Crippen molar-refractivity contribution in [1.29, 1.82) is 0 Å². The molecule has 1 aliphatic heterocycles. The molecule has 0 bridgehead atoms. The molecule has 4 nitrogen and oxygen atoms in total. The fraction of sp³-hybridized carbons (Fsp3) is 0.857. The molecule has 11 heavy (non-hydrogen) atoms. The lowest BCUT2D eigenvalue weighted by Gasteiger charge is -2.21. The number of nitrogens with zero attached hydrogens (tertiary/aromatic N) is 3. The monoisotopic (exact) mass is 155 g/mol. The van der Waals surface area contributed by atoms with Gasteiger partial charge in [0, 0.05) is 0 Å². The van der Waals surface area contributed by atoms with Crippen molar-refractivity contribution < 1.29 is 4.79 Å². The summed E-state index contributed by atoms with van der Waals surface area (Å²) in [5, 5.41) is 8.77. The lowest BCUT2D eigenvalue weighted by molar-refractivity contribution is -0.128. The number of hydrogen-bond acceptors (Lipinski definition) is 3. The smallest absolute Gasteiger partial charge is 0.267 e. The summed E-state index contributed by atoms with van der Waals surface area (Å²) in [7, 11) is 0. The maximum Gasteiger partial charge on any atom is 0.267 e. The molecule has 0 unspecified atom stereocenters. The van der Waals surface area contributed by atoms with Gasteiger partial charge < -0.3 is 0 Å². The van der Waals surface area contributed by atoms with Crippen molar-refractivity contribution >= 4 is 5.91 Å². The van der Waals surface area contributed by atoms with E-state index >= 15 is 0 Å². The summed E-state index contributed by atoms with van der Waals surface area (Å²) in [5.41, 5.74) is 0.0962. The maximum absolute atomic E-state index is 11.0. The van der Waals surface area contributed by atoms with Crippen molar-refractivity contribution in [3.8, 4) is 0 Å². The molecule has 4 heteroatoms. The summed E-state index contributed by atoms with van der Waals surface area (Å²) in [6.45, 7) is 7.06. The summed E-state index contributed by atoms with van der Waals surface area (Å²) in [6.07, 6.45) is 0. The lowest BCUT2D eigenvalue weighted by atomic mass is 9.97. The van der Waals surface area contributed by atoms with E-state index in [1.54, 1.807) is 0 Å². The van der Waals surface area contributed by atoms with E-state index in [0.717, 1.165) is 0 Å². The lowest BCUT2D eigenvalue weighted by Crippen LogP contribution is -2.31. The molecular weight excluding hydrogens is 142 g/mol. The largest absolute Gasteiger partial charge is 0.271 e. The van der Waals surface area contributed by atoms with E-state index in [1.807, 2.05) is 0 Å². The minimum absolute atomic E-state index is 0.0000694. The Bertz CT molecular complexity index is 192. The Morgan fingerprint density at radius 2 is 2.18 bits per heavy atom. The van der Waals surface area contributed by atoms with Crippen LogP contribution in [0.15, 0.2) is 10.3 Å². The van der Waals surface area contributed by atoms with Crippen molar-refractivity contribution in [2.75, 3.05) is 13.1 Å². The first-order chi connectivity index (χ1) is 4.99. The van der Waals surface area contributed by atoms with E-state index in [4.69, 9.17) is 0 Å². The van der Waals surface area contributed by atoms with Crippen LogP contribution in [0.5, 0.6) is 0 Å². The van der Waals surface area contributed by atoms with E-state index in [2.05, 4.69) is 31.1 Å². The van der Waals surface area contributed by atoms with Gasteiger partial charge in [-0.25, -0.2) is 5.01 Å². The third kappa shape index (κ3) is 2.29. The first-order valence-corrected chi connectivity index (χ1v) is 3.67. The van der Waals surface area contributed by atoms with Gasteiger partial charge in [0.05, 0.1) is 6.54 Å². The SMILES string of the molecule is CC(C)(C)CN1N=NCC1=O. The number of carbonyl (C=O) groups excluding carboxylic acids is 1. The van der Waals surface area contributed by atoms with Gasteiger partial charge in [0.25, 0.3) is 5.91 Å². The van der Waals surface area contributed by atoms with Crippen LogP contribution in [0.4, 0.5) is 0 Å². The number of hydrogen-bond donors (Lipinski definition) is 0. The molecule has 0 aromatic heterocycles. The molecule has 0 aromatic carbocycles. The van der Waals surface area contributed by atoms with Crippen LogP contribution in [-0.2, 0) is 4.79 Å². The number of carbonyl (C=O) groups is 1. The first-order valence-electron chi connectivity index (χ1n) is 3.67. The van der Waals surface area contributed by atoms with Crippen LogP contribution in [0, 0.1) is 5.41 Å². The second kappa shape index (κ2) is 2.60. The zero-order valence-corrected chi connectivity index (χ0v) is 7.16. The topological polar surface area (TPSA) is 45.0 Å². The highest BCUT2D eigenvalue weighted by atomic mass is 16.2. The second-order valence-corrected chi connectivity index (χ2v) is 3.90. The Kier molecular flexibility index (Phi) is 1.93. The normalized spacial score (nSPS) is 18.1. The van der Waals surface area contributed by atoms with Crippen LogP contribution in [0.25, 0.3) is 0 Å². The van der Waals surface area contributed by atoms with Crippen LogP contribution >= 0.6 is 0 Å². The van der Waals surface area contributed by atoms with E-state index < -0.39 is 0 Å². The van der Waals surface area contributed by atoms with Gasteiger partial charge in [-0.2, -0.15) is 5.11 Å². The summed E-state index contributed by atoms with van der Waals surface area (Å²) >= 11 is 0. The standard InChI is InChI=1S/C7H13N3O/c1-7(2,3)5-10-6(11)4-8-9-10/h4-5H2,1-3H3. The molecule has 0 spiro atoms. The highest BCUT2D eigenvalue weighted by molar-refractivity contribution is 5.79. The van der Waals surface area contributed by atoms with Gasteiger partial charge in [0.1, 0.15) is 6.54 Å². The predicted molar refractivity (Wildman–Crippen MR) is 40.9 cm³/mol. The number of rotatable bonds is 1. The summed E-state index contributed by atoms with van der Waals surface area (Å²) in [4.78, 5) is 11.0. The zero-order chi connectivity index (χ0) is 8.48. The predicted octanol–water partition coefficient (Wildman–Crippen LogP) is 1.24. The molecule has 0 atom stereocenters. The molecule has 0 radical (unpaired) electrons. The highest BCUT2D eigenvalue weighted by Crippen LogP contribution is 2.17. The van der Waals surface area contributed by atoms with Gasteiger partial charge in [-0.1, -0.05) is 26.0 Å². The molecule has 0 saturated heterocycles. The van der Waals surface area contributed by atoms with Gasteiger partial charge in [0.15, 0.2) is 0 Å². The molecule has 1 heterocycles. The minimum Gasteiger partial charge on any atom is -0.271 e. The van der Waals surface area contributed by atoms with Crippen LogP contribution < -0.4 is 0 Å². The molecule has 0 N–H and O–H groups in total. The Morgan fingerprint density at radius 3 is 2.55 bits per heavy atom. The molecule has 1 rings (SSSR count). The Balaban J connectivity index is 2.50. The Labute approximate surface area is 66.3 Å². The first kappa shape index (κ1) is 8.17. The van der Waals surface area contributed by atoms with Crippen LogP contribution in [0.3, 0.4) is 0 Å². The van der Waals surface area contributed by atoms with E-state index in [-0.39, 0.29) is 17.9 Å². The van der Waals surface area contributed by atoms with Gasteiger partial charge in [-0.15, -0.1) is 0 Å². The molecule has 0 fully saturated rings. The third-order valence-corrected chi connectivity index (χ3v) is 1.29. The van der Waals surface area contributed by atoms with Gasteiger partial charge in [-0.05, 0) is 5.41 Å². The van der Waals surface area contributed by atoms with Crippen molar-refractivity contribution in [1.82, 2.24) is 5.01 Å². The Morgan fingerprint density at radius 1 is 1.55 bits per heavy atom. The van der Waals surface area contributed by atoms with Gasteiger partial charge in [-0.3, -0.25) is 4.79 Å². The summed E-state index contributed by atoms with van der Waals surface area (Å²) < 4.78 is 0. The third-order valence-electron chi connectivity index (χ3n) is 1.29. The van der Waals surface area contributed by atoms with Crippen LogP contribution in [0.2, 0.25) is 0 Å². The molecule has 62 valence electrons. The van der Waals surface area contributed by atoms with Crippen LogP contribution in [-0.4, -0.2) is 24.0 Å². The quantitative estimate of drug-likeness (QED) is 0.562. The highest BCUT2D eigenvalue weighted by Gasteiger charge is 2.23.